The van der Waals surface area contributed by atoms with Gasteiger partial charge < -0.3 is 60.4 Å². The lowest BCUT2D eigenvalue weighted by atomic mass is 10.0. The lowest BCUT2D eigenvalue weighted by molar-refractivity contribution is -0.137. The van der Waals surface area contributed by atoms with Gasteiger partial charge in [-0.05, 0) is 32.1 Å². The Morgan fingerprint density at radius 2 is 1.29 bits per heavy atom. The fraction of sp³-hybridized carbons (Fsp3) is 0.640. The van der Waals surface area contributed by atoms with Crippen molar-refractivity contribution in [2.24, 2.45) is 39.6 Å². The van der Waals surface area contributed by atoms with Crippen molar-refractivity contribution in [1.82, 2.24) is 26.6 Å². The van der Waals surface area contributed by atoms with Crippen LogP contribution >= 0.6 is 0 Å². The normalized spacial score (nSPS) is 14.0. The molecule has 20 heteroatoms. The molecule has 45 heavy (non-hydrogen) atoms. The van der Waals surface area contributed by atoms with Gasteiger partial charge in [-0.3, -0.25) is 43.3 Å². The minimum Gasteiger partial charge on any atom is -0.481 e. The van der Waals surface area contributed by atoms with E-state index in [9.17, 15) is 38.4 Å². The van der Waals surface area contributed by atoms with E-state index in [0.717, 1.165) is 0 Å². The van der Waals surface area contributed by atoms with E-state index in [-0.39, 0.29) is 38.2 Å². The fourth-order valence-electron chi connectivity index (χ4n) is 3.62. The number of carboxylic acids is 1. The molecule has 0 unspecified atom stereocenters. The van der Waals surface area contributed by atoms with E-state index in [2.05, 4.69) is 31.6 Å². The molecule has 254 valence electrons. The van der Waals surface area contributed by atoms with Gasteiger partial charge in [-0.15, -0.1) is 0 Å². The molecule has 0 saturated heterocycles. The van der Waals surface area contributed by atoms with Gasteiger partial charge in [0, 0.05) is 13.0 Å². The maximum atomic E-state index is 13.3. The highest BCUT2D eigenvalue weighted by atomic mass is 16.4. The van der Waals surface area contributed by atoms with Crippen LogP contribution in [0.5, 0.6) is 0 Å². The zero-order chi connectivity index (χ0) is 34.9. The van der Waals surface area contributed by atoms with E-state index in [1.165, 1.54) is 6.92 Å². The summed E-state index contributed by atoms with van der Waals surface area (Å²) in [5.41, 5.74) is 26.6. The molecule has 0 spiro atoms. The van der Waals surface area contributed by atoms with Gasteiger partial charge in [0.1, 0.15) is 24.2 Å². The maximum absolute atomic E-state index is 13.3. The van der Waals surface area contributed by atoms with Crippen LogP contribution in [0.1, 0.15) is 52.9 Å². The summed E-state index contributed by atoms with van der Waals surface area (Å²) in [4.78, 5) is 101. The van der Waals surface area contributed by atoms with E-state index in [0.29, 0.717) is 0 Å². The van der Waals surface area contributed by atoms with E-state index in [1.54, 1.807) is 13.8 Å². The molecule has 5 atom stereocenters. The predicted octanol–water partition coefficient (Wildman–Crippen LogP) is -5.68. The van der Waals surface area contributed by atoms with Crippen molar-refractivity contribution in [3.8, 4) is 0 Å². The van der Waals surface area contributed by atoms with Gasteiger partial charge in [-0.25, -0.2) is 0 Å². The fourth-order valence-corrected chi connectivity index (χ4v) is 3.62. The Labute approximate surface area is 259 Å². The number of carbonyl (C=O) groups is 8. The third-order valence-corrected chi connectivity index (χ3v) is 6.06. The number of rotatable bonds is 21. The van der Waals surface area contributed by atoms with Gasteiger partial charge in [-0.2, -0.15) is 0 Å². The van der Waals surface area contributed by atoms with Crippen molar-refractivity contribution in [2.75, 3.05) is 13.1 Å². The van der Waals surface area contributed by atoms with Gasteiger partial charge in [0.05, 0.1) is 19.0 Å². The average molecular weight is 644 g/mol. The number of carbonyl (C=O) groups excluding carboxylic acids is 7. The number of aliphatic carboxylic acids is 1. The second kappa shape index (κ2) is 20.0. The molecule has 0 bridgehead atoms. The molecular formula is C25H45N11O9. The number of nitrogens with two attached hydrogens (primary N) is 5. The monoisotopic (exact) mass is 643 g/mol. The van der Waals surface area contributed by atoms with E-state index >= 15 is 0 Å². The van der Waals surface area contributed by atoms with E-state index in [1.807, 2.05) is 0 Å². The molecule has 0 fully saturated rings. The van der Waals surface area contributed by atoms with Gasteiger partial charge in [0.2, 0.25) is 41.4 Å². The maximum Gasteiger partial charge on any atom is 0.303 e. The molecule has 0 aliphatic heterocycles. The summed E-state index contributed by atoms with van der Waals surface area (Å²) >= 11 is 0. The number of hydrogen-bond acceptors (Lipinski definition) is 10. The first-order valence-corrected chi connectivity index (χ1v) is 13.9. The number of guanidine groups is 1. The summed E-state index contributed by atoms with van der Waals surface area (Å²) < 4.78 is 0. The van der Waals surface area contributed by atoms with E-state index in [4.69, 9.17) is 33.8 Å². The van der Waals surface area contributed by atoms with Gasteiger partial charge in [0.25, 0.3) is 0 Å². The number of hydrogen-bond donors (Lipinski definition) is 11. The predicted molar refractivity (Wildman–Crippen MR) is 159 cm³/mol. The standard InChI is InChI=1S/C25H45N11O9/c1-11(2)19(24(45)32-10-17(28)38)36-22(43)14(5-4-8-31-25(29)30)34-23(44)15(9-16(27)37)35-20(41)12(3)33-21(42)13(26)6-7-18(39)40/h11-15,19H,4-10,26H2,1-3H3,(H2,27,37)(H2,28,38)(H,32,45)(H,33,42)(H,34,44)(H,35,41)(H,36,43)(H,39,40)(H4,29,30,31)/t12-,13-,14-,15-,19-/m0/s1. The second-order valence-electron chi connectivity index (χ2n) is 10.4. The van der Waals surface area contributed by atoms with Crippen LogP contribution in [0, 0.1) is 5.92 Å². The minimum absolute atomic E-state index is 0.0556. The van der Waals surface area contributed by atoms with Crippen LogP contribution in [0.2, 0.25) is 0 Å². The highest BCUT2D eigenvalue weighted by Gasteiger charge is 2.32. The summed E-state index contributed by atoms with van der Waals surface area (Å²) in [5, 5.41) is 20.5. The van der Waals surface area contributed by atoms with Crippen LogP contribution in [-0.2, 0) is 38.4 Å². The van der Waals surface area contributed by atoms with Crippen LogP contribution in [0.15, 0.2) is 4.99 Å². The van der Waals surface area contributed by atoms with Crippen molar-refractivity contribution in [2.45, 2.75) is 83.1 Å². The van der Waals surface area contributed by atoms with Crippen LogP contribution in [-0.4, -0.2) is 102 Å². The van der Waals surface area contributed by atoms with Crippen molar-refractivity contribution in [1.29, 1.82) is 0 Å². The van der Waals surface area contributed by atoms with Crippen molar-refractivity contribution in [3.63, 3.8) is 0 Å². The smallest absolute Gasteiger partial charge is 0.303 e. The van der Waals surface area contributed by atoms with Gasteiger partial charge in [0.15, 0.2) is 5.96 Å². The third kappa shape index (κ3) is 17.0. The Morgan fingerprint density at radius 1 is 0.711 bits per heavy atom. The molecule has 0 aliphatic rings. The van der Waals surface area contributed by atoms with Crippen LogP contribution < -0.4 is 55.3 Å². The molecule has 0 aromatic heterocycles. The Hall–Kier alpha value is -5.01. The topological polar surface area (TPSA) is 359 Å². The zero-order valence-corrected chi connectivity index (χ0v) is 25.5. The SMILES string of the molecule is CC(C)[C@H](NC(=O)[C@H](CCCN=C(N)N)NC(=O)[C@H](CC(N)=O)NC(=O)[C@H](C)NC(=O)[C@@H](N)CCC(=O)O)C(=O)NCC(N)=O. The minimum atomic E-state index is -1.59. The summed E-state index contributed by atoms with van der Waals surface area (Å²) in [5.74, 6) is -7.90. The van der Waals surface area contributed by atoms with Gasteiger partial charge >= 0.3 is 5.97 Å². The summed E-state index contributed by atoms with van der Waals surface area (Å²) in [6.07, 6.45) is -1.15. The zero-order valence-electron chi connectivity index (χ0n) is 25.5. The summed E-state index contributed by atoms with van der Waals surface area (Å²) in [7, 11) is 0. The Balaban J connectivity index is 5.82. The second-order valence-corrected chi connectivity index (χ2v) is 10.4. The van der Waals surface area contributed by atoms with Crippen molar-refractivity contribution < 1.29 is 43.5 Å². The quantitative estimate of drug-likeness (QED) is 0.0317. The van der Waals surface area contributed by atoms with Crippen LogP contribution in [0.3, 0.4) is 0 Å². The number of nitrogens with zero attached hydrogens (tertiary/aromatic N) is 1. The third-order valence-electron chi connectivity index (χ3n) is 6.06. The first kappa shape index (κ1) is 40.0. The molecule has 0 aromatic carbocycles. The van der Waals surface area contributed by atoms with E-state index < -0.39 is 96.4 Å². The lowest BCUT2D eigenvalue weighted by Gasteiger charge is -2.27. The number of primary amides is 2. The Bertz CT molecular complexity index is 1130. The molecule has 0 aliphatic carbocycles. The number of amides is 7. The molecule has 20 nitrogen and oxygen atoms in total. The number of aliphatic imine (C=N–C) groups is 1. The molecule has 0 aromatic rings. The van der Waals surface area contributed by atoms with Crippen LogP contribution in [0.25, 0.3) is 0 Å². The van der Waals surface area contributed by atoms with Crippen LogP contribution in [0.4, 0.5) is 0 Å². The molecule has 0 saturated carbocycles. The highest BCUT2D eigenvalue weighted by molar-refractivity contribution is 5.97. The lowest BCUT2D eigenvalue weighted by Crippen LogP contribution is -2.59. The first-order valence-electron chi connectivity index (χ1n) is 13.9. The molecular weight excluding hydrogens is 598 g/mol. The Kier molecular flexibility index (Phi) is 17.8. The summed E-state index contributed by atoms with van der Waals surface area (Å²) in [6, 6.07) is -6.56. The molecule has 16 N–H and O–H groups in total. The number of carboxylic acid groups (broad SMARTS) is 1. The largest absolute Gasteiger partial charge is 0.481 e. The average Bonchev–Trinajstić information content (AvgIpc) is 2.93. The summed E-state index contributed by atoms with van der Waals surface area (Å²) in [6.45, 7) is 4.10. The highest BCUT2D eigenvalue weighted by Crippen LogP contribution is 2.07. The molecule has 7 amide bonds. The van der Waals surface area contributed by atoms with Gasteiger partial charge in [-0.1, -0.05) is 13.8 Å². The van der Waals surface area contributed by atoms with Crippen molar-refractivity contribution in [3.05, 3.63) is 0 Å². The van der Waals surface area contributed by atoms with Crippen molar-refractivity contribution >= 4 is 53.3 Å². The molecule has 0 heterocycles. The molecule has 0 rings (SSSR count). The Morgan fingerprint density at radius 3 is 1.80 bits per heavy atom. The number of nitrogens with one attached hydrogen (secondary N) is 5. The molecule has 0 radical (unpaired) electrons. The first-order chi connectivity index (χ1) is 20.8.